The molecular formula is C24H30N4O. The number of aliphatic imine (C=N–C) groups is 1. The van der Waals surface area contributed by atoms with Gasteiger partial charge in [-0.1, -0.05) is 37.5 Å². The molecule has 5 nitrogen and oxygen atoms in total. The Labute approximate surface area is 172 Å². The molecule has 2 N–H and O–H groups in total. The van der Waals surface area contributed by atoms with E-state index in [1.807, 2.05) is 30.2 Å². The monoisotopic (exact) mass is 390 g/mol. The molecule has 152 valence electrons. The third-order valence-corrected chi connectivity index (χ3v) is 6.19. The molecule has 2 fully saturated rings. The smallest absolute Gasteiger partial charge is 0.219 e. The van der Waals surface area contributed by atoms with E-state index in [-0.39, 0.29) is 5.91 Å². The van der Waals surface area contributed by atoms with E-state index in [0.29, 0.717) is 19.1 Å². The first-order valence-electron chi connectivity index (χ1n) is 10.7. The first-order valence-corrected chi connectivity index (χ1v) is 10.7. The van der Waals surface area contributed by atoms with Crippen LogP contribution in [0.25, 0.3) is 16.5 Å². The van der Waals surface area contributed by atoms with E-state index in [1.54, 1.807) is 6.92 Å². The second-order valence-electron chi connectivity index (χ2n) is 8.30. The zero-order valence-electron chi connectivity index (χ0n) is 17.4. The van der Waals surface area contributed by atoms with Crippen molar-refractivity contribution in [3.8, 4) is 0 Å². The van der Waals surface area contributed by atoms with Crippen LogP contribution in [0.5, 0.6) is 0 Å². The number of aryl methyl sites for hydroxylation is 1. The summed E-state index contributed by atoms with van der Waals surface area (Å²) in [6.07, 6.45) is 8.81. The number of likely N-dealkylation sites (tertiary alicyclic amines) is 1. The summed E-state index contributed by atoms with van der Waals surface area (Å²) >= 11 is 0. The average molecular weight is 391 g/mol. The minimum Gasteiger partial charge on any atom is -0.398 e. The van der Waals surface area contributed by atoms with Crippen LogP contribution in [0.15, 0.2) is 41.0 Å². The van der Waals surface area contributed by atoms with E-state index in [2.05, 4.69) is 17.1 Å². The van der Waals surface area contributed by atoms with Gasteiger partial charge >= 0.3 is 0 Å². The fourth-order valence-electron chi connectivity index (χ4n) is 4.51. The Kier molecular flexibility index (Phi) is 5.65. The van der Waals surface area contributed by atoms with Gasteiger partial charge in [-0.05, 0) is 31.2 Å². The first kappa shape index (κ1) is 19.6. The average Bonchev–Trinajstić information content (AvgIpc) is 2.73. The standard InChI is InChI=1S/C24H30N4O/c1-16-13-18-7-6-10-20(21(18)14-26-16)24(25)22-15-28(17(2)29)12-11-23(22)27-19-8-4-3-5-9-19/h6-7,10,13-14,19H,3-5,8-9,11-12,15,25H2,1-2H3. The third-order valence-electron chi connectivity index (χ3n) is 6.19. The van der Waals surface area contributed by atoms with Crippen LogP contribution in [-0.4, -0.2) is 40.6 Å². The molecule has 4 rings (SSSR count). The Morgan fingerprint density at radius 2 is 2.03 bits per heavy atom. The maximum absolute atomic E-state index is 12.1. The normalized spacial score (nSPS) is 21.6. The maximum Gasteiger partial charge on any atom is 0.219 e. The van der Waals surface area contributed by atoms with Crippen LogP contribution >= 0.6 is 0 Å². The summed E-state index contributed by atoms with van der Waals surface area (Å²) in [5.74, 6) is 0.0854. The lowest BCUT2D eigenvalue weighted by molar-refractivity contribution is -0.128. The third kappa shape index (κ3) is 4.19. The molecule has 1 amide bonds. The van der Waals surface area contributed by atoms with Gasteiger partial charge in [-0.15, -0.1) is 0 Å². The highest BCUT2D eigenvalue weighted by Gasteiger charge is 2.26. The van der Waals surface area contributed by atoms with E-state index in [9.17, 15) is 4.79 Å². The summed E-state index contributed by atoms with van der Waals surface area (Å²) in [7, 11) is 0. The molecule has 2 aromatic rings. The number of nitrogens with two attached hydrogens (primary N) is 1. The van der Waals surface area contributed by atoms with Crippen molar-refractivity contribution in [2.24, 2.45) is 10.7 Å². The van der Waals surface area contributed by atoms with Gasteiger partial charge in [-0.3, -0.25) is 14.8 Å². The molecule has 2 heterocycles. The Balaban J connectivity index is 1.80. The molecule has 0 unspecified atom stereocenters. The molecule has 1 aliphatic carbocycles. The largest absolute Gasteiger partial charge is 0.398 e. The number of rotatable bonds is 2. The van der Waals surface area contributed by atoms with Crippen molar-refractivity contribution in [3.63, 3.8) is 0 Å². The van der Waals surface area contributed by atoms with Gasteiger partial charge in [0, 0.05) is 66.3 Å². The Hall–Kier alpha value is -2.69. The predicted molar refractivity (Wildman–Crippen MR) is 119 cm³/mol. The number of hydrogen-bond acceptors (Lipinski definition) is 4. The number of piperidine rings is 1. The van der Waals surface area contributed by atoms with Crippen LogP contribution in [0.4, 0.5) is 0 Å². The van der Waals surface area contributed by atoms with Gasteiger partial charge in [0.25, 0.3) is 0 Å². The number of benzene rings is 1. The molecule has 1 aromatic heterocycles. The maximum atomic E-state index is 12.1. The van der Waals surface area contributed by atoms with E-state index >= 15 is 0 Å². The molecular weight excluding hydrogens is 360 g/mol. The van der Waals surface area contributed by atoms with Crippen molar-refractivity contribution in [1.29, 1.82) is 0 Å². The van der Waals surface area contributed by atoms with E-state index in [0.717, 1.165) is 58.3 Å². The van der Waals surface area contributed by atoms with Crippen molar-refractivity contribution in [1.82, 2.24) is 9.88 Å². The second kappa shape index (κ2) is 8.36. The van der Waals surface area contributed by atoms with Crippen LogP contribution in [0.2, 0.25) is 0 Å². The number of nitrogens with zero attached hydrogens (tertiary/aromatic N) is 3. The molecule has 0 bridgehead atoms. The molecule has 1 aliphatic heterocycles. The molecule has 0 spiro atoms. The Morgan fingerprint density at radius 1 is 1.24 bits per heavy atom. The Bertz CT molecular complexity index is 986. The zero-order chi connectivity index (χ0) is 20.4. The number of carbonyl (C=O) groups is 1. The van der Waals surface area contributed by atoms with Crippen LogP contribution in [-0.2, 0) is 4.79 Å². The topological polar surface area (TPSA) is 71.6 Å². The van der Waals surface area contributed by atoms with Gasteiger partial charge in [-0.2, -0.15) is 0 Å². The number of amides is 1. The quantitative estimate of drug-likeness (QED) is 0.834. The van der Waals surface area contributed by atoms with E-state index in [4.69, 9.17) is 10.7 Å². The van der Waals surface area contributed by atoms with Gasteiger partial charge in [0.1, 0.15) is 0 Å². The molecule has 1 saturated carbocycles. The summed E-state index contributed by atoms with van der Waals surface area (Å²) in [6, 6.07) is 8.64. The second-order valence-corrected chi connectivity index (χ2v) is 8.30. The van der Waals surface area contributed by atoms with E-state index in [1.165, 1.54) is 19.3 Å². The van der Waals surface area contributed by atoms with Crippen LogP contribution in [0, 0.1) is 6.92 Å². The summed E-state index contributed by atoms with van der Waals surface area (Å²) < 4.78 is 0. The highest BCUT2D eigenvalue weighted by molar-refractivity contribution is 6.09. The van der Waals surface area contributed by atoms with Gasteiger partial charge in [-0.25, -0.2) is 0 Å². The molecule has 2 aliphatic rings. The highest BCUT2D eigenvalue weighted by Crippen LogP contribution is 2.29. The van der Waals surface area contributed by atoms with Crippen LogP contribution < -0.4 is 5.73 Å². The summed E-state index contributed by atoms with van der Waals surface area (Å²) in [5, 5.41) is 2.17. The van der Waals surface area contributed by atoms with Crippen LogP contribution in [0.3, 0.4) is 0 Å². The minimum atomic E-state index is 0.0854. The molecule has 1 saturated heterocycles. The van der Waals surface area contributed by atoms with Crippen molar-refractivity contribution < 1.29 is 4.79 Å². The highest BCUT2D eigenvalue weighted by atomic mass is 16.2. The SMILES string of the molecule is CC(=O)N1CCC(=NC2CCCCC2)C(=C(N)c2cccc3cc(C)ncc23)C1. The van der Waals surface area contributed by atoms with Crippen molar-refractivity contribution >= 4 is 28.1 Å². The molecule has 1 aromatic carbocycles. The Morgan fingerprint density at radius 3 is 2.79 bits per heavy atom. The van der Waals surface area contributed by atoms with Crippen molar-refractivity contribution in [3.05, 3.63) is 47.3 Å². The number of pyridine rings is 1. The molecule has 5 heteroatoms. The lowest BCUT2D eigenvalue weighted by Crippen LogP contribution is -2.40. The minimum absolute atomic E-state index is 0.0854. The first-order chi connectivity index (χ1) is 14.0. The van der Waals surface area contributed by atoms with E-state index < -0.39 is 0 Å². The molecule has 29 heavy (non-hydrogen) atoms. The lowest BCUT2D eigenvalue weighted by Gasteiger charge is -2.31. The number of carbonyl (C=O) groups excluding carboxylic acids is 1. The molecule has 0 radical (unpaired) electrons. The zero-order valence-corrected chi connectivity index (χ0v) is 17.4. The van der Waals surface area contributed by atoms with Gasteiger partial charge in [0.2, 0.25) is 5.91 Å². The number of fused-ring (bicyclic) bond motifs is 1. The summed E-state index contributed by atoms with van der Waals surface area (Å²) in [4.78, 5) is 23.5. The predicted octanol–water partition coefficient (Wildman–Crippen LogP) is 4.24. The lowest BCUT2D eigenvalue weighted by atomic mass is 9.92. The van der Waals surface area contributed by atoms with Crippen molar-refractivity contribution in [2.75, 3.05) is 13.1 Å². The van der Waals surface area contributed by atoms with Gasteiger partial charge < -0.3 is 10.6 Å². The van der Waals surface area contributed by atoms with Crippen molar-refractivity contribution in [2.45, 2.75) is 58.4 Å². The fourth-order valence-corrected chi connectivity index (χ4v) is 4.51. The summed E-state index contributed by atoms with van der Waals surface area (Å²) in [5.41, 5.74) is 11.5. The van der Waals surface area contributed by atoms with Crippen LogP contribution in [0.1, 0.15) is 56.7 Å². The summed E-state index contributed by atoms with van der Waals surface area (Å²) in [6.45, 7) is 4.87. The number of aromatic nitrogens is 1. The molecule has 0 atom stereocenters. The van der Waals surface area contributed by atoms with Gasteiger partial charge in [0.15, 0.2) is 0 Å². The van der Waals surface area contributed by atoms with Gasteiger partial charge in [0.05, 0.1) is 6.04 Å². The number of hydrogen-bond donors (Lipinski definition) is 1. The fraction of sp³-hybridized carbons (Fsp3) is 0.458.